The lowest BCUT2D eigenvalue weighted by Crippen LogP contribution is -2.10. The molecule has 0 aromatic heterocycles. The van der Waals surface area contributed by atoms with Gasteiger partial charge in [-0.25, -0.2) is 4.79 Å². The molecule has 1 aromatic rings. The Morgan fingerprint density at radius 3 is 2.46 bits per heavy atom. The number of hydrogen-bond donors (Lipinski definition) is 0. The summed E-state index contributed by atoms with van der Waals surface area (Å²) in [6, 6.07) is 6.22. The molecule has 1 heterocycles. The third kappa shape index (κ3) is 1.05. The van der Waals surface area contributed by atoms with Gasteiger partial charge in [0.1, 0.15) is 0 Å². The van der Waals surface area contributed by atoms with E-state index in [-0.39, 0.29) is 11.1 Å². The number of ether oxygens (including phenoxy) is 1. The number of carbonyl (C=O) groups is 1. The molecular formula is C8H4NO4. The van der Waals surface area contributed by atoms with Gasteiger partial charge in [0.15, 0.2) is 0 Å². The zero-order valence-electron chi connectivity index (χ0n) is 6.39. The minimum atomic E-state index is -0.705. The van der Waals surface area contributed by atoms with E-state index in [4.69, 9.17) is 0 Å². The SMILES string of the molecule is O=C1O[C]([N+](=O)[O-])c2ccccc21. The highest BCUT2D eigenvalue weighted by Gasteiger charge is 2.42. The molecule has 1 radical (unpaired) electrons. The highest BCUT2D eigenvalue weighted by molar-refractivity contribution is 5.95. The molecule has 1 aliphatic heterocycles. The fourth-order valence-corrected chi connectivity index (χ4v) is 1.18. The lowest BCUT2D eigenvalue weighted by molar-refractivity contribution is -0.492. The number of cyclic esters (lactones) is 1. The van der Waals surface area contributed by atoms with Gasteiger partial charge in [0, 0.05) is 0 Å². The van der Waals surface area contributed by atoms with Crippen LogP contribution in [0.2, 0.25) is 0 Å². The number of nitrogens with zero attached hydrogens (tertiary/aromatic N) is 1. The molecular weight excluding hydrogens is 174 g/mol. The number of benzene rings is 1. The summed E-state index contributed by atoms with van der Waals surface area (Å²) in [7, 11) is 0. The van der Waals surface area contributed by atoms with E-state index in [1.54, 1.807) is 12.1 Å². The highest BCUT2D eigenvalue weighted by Crippen LogP contribution is 2.29. The summed E-state index contributed by atoms with van der Waals surface area (Å²) in [5, 5.41) is 10.4. The van der Waals surface area contributed by atoms with Crippen molar-refractivity contribution in [1.82, 2.24) is 0 Å². The molecule has 0 spiro atoms. The van der Waals surface area contributed by atoms with Crippen molar-refractivity contribution < 1.29 is 14.5 Å². The summed E-state index contributed by atoms with van der Waals surface area (Å²) in [5.74, 6) is -0.665. The van der Waals surface area contributed by atoms with Crippen molar-refractivity contribution in [3.8, 4) is 0 Å². The number of carbonyl (C=O) groups excluding carboxylic acids is 1. The Morgan fingerprint density at radius 2 is 1.85 bits per heavy atom. The average molecular weight is 178 g/mol. The van der Waals surface area contributed by atoms with Crippen LogP contribution in [0, 0.1) is 16.3 Å². The van der Waals surface area contributed by atoms with Crippen LogP contribution in [0.15, 0.2) is 24.3 Å². The first-order valence-corrected chi connectivity index (χ1v) is 3.53. The average Bonchev–Trinajstić information content (AvgIpc) is 2.45. The first-order valence-electron chi connectivity index (χ1n) is 3.53. The van der Waals surface area contributed by atoms with Crippen molar-refractivity contribution in [2.24, 2.45) is 0 Å². The van der Waals surface area contributed by atoms with E-state index < -0.39 is 17.1 Å². The van der Waals surface area contributed by atoms with Crippen molar-refractivity contribution in [2.75, 3.05) is 0 Å². The molecule has 65 valence electrons. The monoisotopic (exact) mass is 178 g/mol. The summed E-state index contributed by atoms with van der Waals surface area (Å²) in [4.78, 5) is 20.7. The van der Waals surface area contributed by atoms with Crippen molar-refractivity contribution in [3.63, 3.8) is 0 Å². The third-order valence-electron chi connectivity index (χ3n) is 1.73. The Bertz CT molecular complexity index is 387. The quantitative estimate of drug-likeness (QED) is 0.365. The topological polar surface area (TPSA) is 69.4 Å². The molecule has 0 fully saturated rings. The van der Waals surface area contributed by atoms with Crippen molar-refractivity contribution in [2.45, 2.75) is 0 Å². The van der Waals surface area contributed by atoms with E-state index >= 15 is 0 Å². The van der Waals surface area contributed by atoms with Gasteiger partial charge in [-0.3, -0.25) is 10.1 Å². The minimum absolute atomic E-state index is 0.245. The maximum atomic E-state index is 11.0. The molecule has 1 aliphatic rings. The van der Waals surface area contributed by atoms with Crippen molar-refractivity contribution in [3.05, 3.63) is 51.7 Å². The lowest BCUT2D eigenvalue weighted by Gasteiger charge is -1.95. The molecule has 5 nitrogen and oxygen atoms in total. The molecule has 1 aromatic carbocycles. The molecule has 13 heavy (non-hydrogen) atoms. The smallest absolute Gasteiger partial charge is 0.379 e. The summed E-state index contributed by atoms with van der Waals surface area (Å²) in [6.07, 6.45) is -0.486. The van der Waals surface area contributed by atoms with E-state index in [0.29, 0.717) is 0 Å². The normalized spacial score (nSPS) is 15.2. The zero-order chi connectivity index (χ0) is 9.42. The van der Waals surface area contributed by atoms with Crippen LogP contribution in [0.25, 0.3) is 0 Å². The Kier molecular flexibility index (Phi) is 1.51. The zero-order valence-corrected chi connectivity index (χ0v) is 6.39. The molecule has 2 rings (SSSR count). The van der Waals surface area contributed by atoms with E-state index in [0.717, 1.165) is 0 Å². The fourth-order valence-electron chi connectivity index (χ4n) is 1.18. The number of fused-ring (bicyclic) bond motifs is 1. The van der Waals surface area contributed by atoms with Crippen molar-refractivity contribution in [1.29, 1.82) is 0 Å². The Balaban J connectivity index is 2.53. The van der Waals surface area contributed by atoms with E-state index in [1.165, 1.54) is 12.1 Å². The molecule has 0 bridgehead atoms. The Labute approximate surface area is 73.1 Å². The van der Waals surface area contributed by atoms with Crippen LogP contribution in [-0.2, 0) is 4.74 Å². The summed E-state index contributed by atoms with van der Waals surface area (Å²) < 4.78 is 4.47. The fraction of sp³-hybridized carbons (Fsp3) is 0. The number of rotatable bonds is 1. The second kappa shape index (κ2) is 2.55. The van der Waals surface area contributed by atoms with Crippen LogP contribution in [0.1, 0.15) is 15.9 Å². The number of esters is 1. The van der Waals surface area contributed by atoms with E-state index in [9.17, 15) is 14.9 Å². The summed E-state index contributed by atoms with van der Waals surface area (Å²) >= 11 is 0. The van der Waals surface area contributed by atoms with Crippen LogP contribution >= 0.6 is 0 Å². The molecule has 0 saturated heterocycles. The lowest BCUT2D eigenvalue weighted by atomic mass is 10.1. The molecule has 0 amide bonds. The van der Waals surface area contributed by atoms with Crippen LogP contribution < -0.4 is 0 Å². The predicted octanol–water partition coefficient (Wildman–Crippen LogP) is 0.971. The predicted molar refractivity (Wildman–Crippen MR) is 41.2 cm³/mol. The van der Waals surface area contributed by atoms with Crippen LogP contribution in [0.5, 0.6) is 0 Å². The molecule has 0 atom stereocenters. The first kappa shape index (κ1) is 7.72. The second-order valence-corrected chi connectivity index (χ2v) is 2.50. The van der Waals surface area contributed by atoms with E-state index in [1.807, 2.05) is 0 Å². The highest BCUT2D eigenvalue weighted by atomic mass is 16.7. The summed E-state index contributed by atoms with van der Waals surface area (Å²) in [6.45, 7) is 0. The largest absolute Gasteiger partial charge is 0.507 e. The molecule has 0 N–H and O–H groups in total. The van der Waals surface area contributed by atoms with Gasteiger partial charge in [-0.2, -0.15) is 0 Å². The summed E-state index contributed by atoms with van der Waals surface area (Å²) in [5.41, 5.74) is 0.492. The Morgan fingerprint density at radius 1 is 1.23 bits per heavy atom. The van der Waals surface area contributed by atoms with Crippen LogP contribution in [-0.4, -0.2) is 10.9 Å². The van der Waals surface area contributed by atoms with Gasteiger partial charge < -0.3 is 4.74 Å². The second-order valence-electron chi connectivity index (χ2n) is 2.50. The maximum absolute atomic E-state index is 11.0. The molecule has 0 saturated carbocycles. The van der Waals surface area contributed by atoms with E-state index in [2.05, 4.69) is 4.74 Å². The Hall–Kier alpha value is -1.91. The number of nitro groups is 1. The standard InChI is InChI=1S/C8H4NO4/c10-8-6-4-2-1-3-5(6)7(13-8)9(11)12/h1-4H. The first-order chi connectivity index (χ1) is 6.20. The number of hydrogen-bond acceptors (Lipinski definition) is 4. The maximum Gasteiger partial charge on any atom is 0.507 e. The van der Waals surface area contributed by atoms with Gasteiger partial charge in [-0.05, 0) is 12.1 Å². The van der Waals surface area contributed by atoms with Crippen LogP contribution in [0.3, 0.4) is 0 Å². The van der Waals surface area contributed by atoms with Gasteiger partial charge in [-0.1, -0.05) is 12.1 Å². The van der Waals surface area contributed by atoms with Crippen molar-refractivity contribution >= 4 is 5.97 Å². The van der Waals surface area contributed by atoms with Gasteiger partial charge in [0.25, 0.3) is 0 Å². The molecule has 5 heteroatoms. The molecule has 0 aliphatic carbocycles. The molecule has 0 unspecified atom stereocenters. The van der Waals surface area contributed by atoms with Gasteiger partial charge >= 0.3 is 12.2 Å². The third-order valence-corrected chi connectivity index (χ3v) is 1.73. The minimum Gasteiger partial charge on any atom is -0.379 e. The van der Waals surface area contributed by atoms with Gasteiger partial charge in [0.05, 0.1) is 16.1 Å². The van der Waals surface area contributed by atoms with Gasteiger partial charge in [-0.15, -0.1) is 0 Å². The van der Waals surface area contributed by atoms with Gasteiger partial charge in [0.2, 0.25) is 0 Å². The van der Waals surface area contributed by atoms with Crippen LogP contribution in [0.4, 0.5) is 0 Å².